The Morgan fingerprint density at radius 1 is 1.12 bits per heavy atom. The zero-order valence-corrected chi connectivity index (χ0v) is 20.5. The van der Waals surface area contributed by atoms with Crippen molar-refractivity contribution < 1.29 is 13.8 Å². The van der Waals surface area contributed by atoms with Gasteiger partial charge in [-0.25, -0.2) is 4.20 Å². The van der Waals surface area contributed by atoms with E-state index in [9.17, 15) is 13.8 Å². The predicted octanol–water partition coefficient (Wildman–Crippen LogP) is 7.00. The minimum Gasteiger partial charge on any atom is -0.361 e. The van der Waals surface area contributed by atoms with Gasteiger partial charge in [-0.05, 0) is 81.6 Å². The molecule has 4 aliphatic rings. The Balaban J connectivity index is 1.57. The molecular weight excluding hydrogens is 420 g/mol. The third-order valence-electron chi connectivity index (χ3n) is 8.29. The first kappa shape index (κ1) is 23.9. The summed E-state index contributed by atoms with van der Waals surface area (Å²) in [5.74, 6) is 1.02. The summed E-state index contributed by atoms with van der Waals surface area (Å²) in [6.07, 6.45) is 14.1. The summed E-state index contributed by atoms with van der Waals surface area (Å²) in [6, 6.07) is 0. The molecule has 5 unspecified atom stereocenters. The van der Waals surface area contributed by atoms with Crippen LogP contribution in [0, 0.1) is 23.7 Å². The first-order chi connectivity index (χ1) is 15.5. The van der Waals surface area contributed by atoms with Gasteiger partial charge in [0.25, 0.3) is 0 Å². The van der Waals surface area contributed by atoms with Gasteiger partial charge in [-0.1, -0.05) is 31.9 Å². The Morgan fingerprint density at radius 3 is 2.72 bits per heavy atom. The molecule has 0 bridgehead atoms. The van der Waals surface area contributed by atoms with Crippen LogP contribution in [0.15, 0.2) is 34.7 Å². The average molecular weight is 460 g/mol. The van der Waals surface area contributed by atoms with E-state index in [1.54, 1.807) is 0 Å². The lowest BCUT2D eigenvalue weighted by Gasteiger charge is -2.32. The number of allylic oxidation sites excluding steroid dienone is 4. The molecule has 1 heterocycles. The van der Waals surface area contributed by atoms with E-state index in [2.05, 4.69) is 18.8 Å². The highest BCUT2D eigenvalue weighted by Crippen LogP contribution is 2.49. The molecule has 0 amide bonds. The second-order valence-electron chi connectivity index (χ2n) is 10.3. The summed E-state index contributed by atoms with van der Waals surface area (Å²) in [4.78, 5) is 25.4. The maximum absolute atomic E-state index is 13.9. The predicted molar refractivity (Wildman–Crippen MR) is 130 cm³/mol. The summed E-state index contributed by atoms with van der Waals surface area (Å²) in [6.45, 7) is 6.56. The lowest BCUT2D eigenvalue weighted by atomic mass is 9.78. The molecule has 1 saturated heterocycles. The fourth-order valence-corrected chi connectivity index (χ4v) is 7.98. The number of hydrogen-bond donors (Lipinski definition) is 1. The number of aldehydes is 1. The van der Waals surface area contributed by atoms with E-state index in [-0.39, 0.29) is 23.5 Å². The summed E-state index contributed by atoms with van der Waals surface area (Å²) >= 11 is 0. The quantitative estimate of drug-likeness (QED) is 0.314. The molecule has 176 valence electrons. The molecule has 0 spiro atoms. The van der Waals surface area contributed by atoms with Crippen LogP contribution in [-0.2, 0) is 9.59 Å². The molecule has 5 heteroatoms. The highest BCUT2D eigenvalue weighted by molar-refractivity contribution is 7.52. The summed E-state index contributed by atoms with van der Waals surface area (Å²) in [5, 5.41) is 3.64. The molecule has 1 N–H and O–H groups in total. The SMILES string of the molecule is C=C(NC1=C(C(=O)CC2CCCP(F)CC2)C2=C(CCC2)C1CC)C1CCCCC1C=O. The zero-order chi connectivity index (χ0) is 22.7. The van der Waals surface area contributed by atoms with Crippen LogP contribution in [-0.4, -0.2) is 24.4 Å². The molecular formula is C27H39FNO2P. The first-order valence-electron chi connectivity index (χ1n) is 12.8. The summed E-state index contributed by atoms with van der Waals surface area (Å²) < 4.78 is 13.9. The lowest BCUT2D eigenvalue weighted by Crippen LogP contribution is -2.31. The van der Waals surface area contributed by atoms with Crippen molar-refractivity contribution in [3.05, 3.63) is 34.7 Å². The Bertz CT molecular complexity index is 816. The minimum atomic E-state index is -1.32. The highest BCUT2D eigenvalue weighted by Gasteiger charge is 2.39. The van der Waals surface area contributed by atoms with Gasteiger partial charge in [-0.15, -0.1) is 0 Å². The van der Waals surface area contributed by atoms with Gasteiger partial charge in [0.1, 0.15) is 6.29 Å². The highest BCUT2D eigenvalue weighted by atomic mass is 31.2. The lowest BCUT2D eigenvalue weighted by molar-refractivity contribution is -0.116. The molecule has 32 heavy (non-hydrogen) atoms. The third kappa shape index (κ3) is 4.96. The second kappa shape index (κ2) is 10.8. The molecule has 0 aromatic rings. The van der Waals surface area contributed by atoms with Crippen molar-refractivity contribution in [2.45, 2.75) is 84.0 Å². The molecule has 2 fully saturated rings. The number of nitrogens with one attached hydrogen (secondary N) is 1. The van der Waals surface area contributed by atoms with Crippen molar-refractivity contribution in [1.29, 1.82) is 0 Å². The molecule has 0 aromatic heterocycles. The normalized spacial score (nSPS) is 33.1. The van der Waals surface area contributed by atoms with Crippen LogP contribution in [0.2, 0.25) is 0 Å². The van der Waals surface area contributed by atoms with E-state index >= 15 is 0 Å². The Hall–Kier alpha value is -1.28. The van der Waals surface area contributed by atoms with Gasteiger partial charge in [0.15, 0.2) is 5.78 Å². The van der Waals surface area contributed by atoms with Crippen LogP contribution in [0.25, 0.3) is 0 Å². The maximum atomic E-state index is 13.9. The fourth-order valence-electron chi connectivity index (χ4n) is 6.59. The van der Waals surface area contributed by atoms with E-state index < -0.39 is 8.23 Å². The minimum absolute atomic E-state index is 0.0337. The van der Waals surface area contributed by atoms with Crippen molar-refractivity contribution in [1.82, 2.24) is 5.32 Å². The summed E-state index contributed by atoms with van der Waals surface area (Å²) in [7, 11) is -1.32. The smallest absolute Gasteiger partial charge is 0.165 e. The van der Waals surface area contributed by atoms with E-state index in [1.165, 1.54) is 11.1 Å². The first-order valence-corrected chi connectivity index (χ1v) is 14.4. The number of carbonyl (C=O) groups excluding carboxylic acids is 2. The van der Waals surface area contributed by atoms with Crippen molar-refractivity contribution in [3.8, 4) is 0 Å². The number of ketones is 1. The van der Waals surface area contributed by atoms with Crippen LogP contribution in [0.4, 0.5) is 4.20 Å². The van der Waals surface area contributed by atoms with Crippen LogP contribution in [0.3, 0.4) is 0 Å². The van der Waals surface area contributed by atoms with Crippen molar-refractivity contribution >= 4 is 20.3 Å². The molecule has 3 aliphatic carbocycles. The topological polar surface area (TPSA) is 46.2 Å². The summed E-state index contributed by atoms with van der Waals surface area (Å²) in [5.41, 5.74) is 5.64. The van der Waals surface area contributed by atoms with Crippen molar-refractivity contribution in [2.24, 2.45) is 23.7 Å². The monoisotopic (exact) mass is 459 g/mol. The second-order valence-corrected chi connectivity index (χ2v) is 12.1. The fraction of sp³-hybridized carbons (Fsp3) is 0.704. The van der Waals surface area contributed by atoms with Gasteiger partial charge >= 0.3 is 0 Å². The molecule has 3 nitrogen and oxygen atoms in total. The molecule has 4 rings (SSSR count). The van der Waals surface area contributed by atoms with E-state index in [1.807, 2.05) is 0 Å². The standard InChI is InChI=1S/C27H39FNO2P/c1-3-21-23-11-6-12-24(23)26(25(31)16-19-8-7-14-32(28)15-13-19)27(21)29-18(2)22-10-5-4-9-20(22)17-30/h17,19-22,29H,2-16H2,1H3. The van der Waals surface area contributed by atoms with Gasteiger partial charge in [-0.3, -0.25) is 4.79 Å². The Labute approximate surface area is 194 Å². The molecule has 0 aromatic carbocycles. The van der Waals surface area contributed by atoms with E-state index in [4.69, 9.17) is 0 Å². The molecule has 5 atom stereocenters. The van der Waals surface area contributed by atoms with Gasteiger partial charge in [-0.2, -0.15) is 0 Å². The number of rotatable bonds is 8. The van der Waals surface area contributed by atoms with Gasteiger partial charge in [0.05, 0.1) is 8.23 Å². The number of hydrogen-bond acceptors (Lipinski definition) is 3. The largest absolute Gasteiger partial charge is 0.361 e. The van der Waals surface area contributed by atoms with Gasteiger partial charge in [0.2, 0.25) is 0 Å². The zero-order valence-electron chi connectivity index (χ0n) is 19.6. The molecule has 0 radical (unpaired) electrons. The maximum Gasteiger partial charge on any atom is 0.165 e. The van der Waals surface area contributed by atoms with E-state index in [0.717, 1.165) is 93.9 Å². The van der Waals surface area contributed by atoms with Crippen molar-refractivity contribution in [2.75, 3.05) is 12.3 Å². The van der Waals surface area contributed by atoms with E-state index in [0.29, 0.717) is 24.7 Å². The molecule has 1 aliphatic heterocycles. The number of carbonyl (C=O) groups is 2. The third-order valence-corrected chi connectivity index (χ3v) is 9.84. The van der Waals surface area contributed by atoms with Crippen LogP contribution in [0.1, 0.15) is 84.0 Å². The van der Waals surface area contributed by atoms with Crippen LogP contribution < -0.4 is 5.32 Å². The van der Waals surface area contributed by atoms with Crippen LogP contribution >= 0.6 is 8.23 Å². The van der Waals surface area contributed by atoms with Crippen LogP contribution in [0.5, 0.6) is 0 Å². The van der Waals surface area contributed by atoms with Crippen molar-refractivity contribution in [3.63, 3.8) is 0 Å². The van der Waals surface area contributed by atoms with Gasteiger partial charge < -0.3 is 10.1 Å². The average Bonchev–Trinajstić information content (AvgIpc) is 3.30. The number of Topliss-reactive ketones (excluding diaryl/α,β-unsaturated/α-hetero) is 1. The van der Waals surface area contributed by atoms with Gasteiger partial charge in [0, 0.05) is 41.1 Å². The Kier molecular flexibility index (Phi) is 8.03. The number of halogens is 1. The molecule has 1 saturated carbocycles. The Morgan fingerprint density at radius 2 is 1.94 bits per heavy atom.